The minimum atomic E-state index is -3.22. The number of nitrogens with zero attached hydrogens (tertiary/aromatic N) is 2. The number of amides is 2. The first kappa shape index (κ1) is 21.5. The van der Waals surface area contributed by atoms with Crippen LogP contribution in [-0.2, 0) is 20.7 Å². The minimum absolute atomic E-state index is 0.120. The van der Waals surface area contributed by atoms with Crippen molar-refractivity contribution in [3.05, 3.63) is 34.3 Å². The number of carbonyl (C=O) groups excluding carboxylic acids is 2. The maximum Gasteiger partial charge on any atom is 0.407 e. The third kappa shape index (κ3) is 4.68. The van der Waals surface area contributed by atoms with Crippen LogP contribution in [0.1, 0.15) is 18.4 Å². The molecule has 0 bridgehead atoms. The van der Waals surface area contributed by atoms with Crippen LogP contribution in [0, 0.1) is 5.92 Å². The summed E-state index contributed by atoms with van der Waals surface area (Å²) >= 11 is 3.35. The summed E-state index contributed by atoms with van der Waals surface area (Å²) in [6.45, 7) is -0.804. The maximum absolute atomic E-state index is 13.9. The van der Waals surface area contributed by atoms with Crippen LogP contribution in [0.25, 0.3) is 0 Å². The number of rotatable bonds is 4. The molecule has 0 unspecified atom stereocenters. The highest BCUT2D eigenvalue weighted by atomic mass is 79.9. The molecular weight excluding hydrogens is 454 g/mol. The van der Waals surface area contributed by atoms with Gasteiger partial charge in [-0.1, -0.05) is 28.1 Å². The van der Waals surface area contributed by atoms with Crippen LogP contribution in [0.4, 0.5) is 13.6 Å². The van der Waals surface area contributed by atoms with Crippen molar-refractivity contribution in [1.29, 1.82) is 0 Å². The highest BCUT2D eigenvalue weighted by Crippen LogP contribution is 2.36. The van der Waals surface area contributed by atoms with Crippen molar-refractivity contribution >= 4 is 33.9 Å². The van der Waals surface area contributed by atoms with Gasteiger partial charge in [-0.05, 0) is 36.5 Å². The second-order valence-corrected chi connectivity index (χ2v) is 8.36. The molecule has 3 atom stereocenters. The predicted molar refractivity (Wildman–Crippen MR) is 102 cm³/mol. The Labute approximate surface area is 174 Å². The number of halogens is 3. The molecule has 2 heterocycles. The number of likely N-dealkylation sites (tertiary alicyclic amines) is 2. The van der Waals surface area contributed by atoms with Gasteiger partial charge in [-0.2, -0.15) is 0 Å². The van der Waals surface area contributed by atoms with E-state index in [1.807, 2.05) is 24.3 Å². The van der Waals surface area contributed by atoms with Crippen molar-refractivity contribution in [2.24, 2.45) is 5.92 Å². The average molecular weight is 475 g/mol. The first-order valence-electron chi connectivity index (χ1n) is 9.11. The van der Waals surface area contributed by atoms with Gasteiger partial charge in [-0.3, -0.25) is 9.69 Å². The lowest BCUT2D eigenvalue weighted by Gasteiger charge is -2.28. The van der Waals surface area contributed by atoms with Gasteiger partial charge in [0, 0.05) is 17.4 Å². The maximum atomic E-state index is 13.9. The van der Waals surface area contributed by atoms with Gasteiger partial charge in [0.15, 0.2) is 0 Å². The van der Waals surface area contributed by atoms with Gasteiger partial charge in [0.25, 0.3) is 5.92 Å². The van der Waals surface area contributed by atoms with Crippen LogP contribution in [0.15, 0.2) is 28.7 Å². The molecule has 1 aromatic carbocycles. The van der Waals surface area contributed by atoms with Crippen LogP contribution in [0.3, 0.4) is 0 Å². The van der Waals surface area contributed by atoms with Crippen molar-refractivity contribution in [3.8, 4) is 0 Å². The zero-order valence-electron chi connectivity index (χ0n) is 15.7. The standard InChI is InChI=1S/C19H21BrF2N2O5/c1-29-17(26)15-8-19(21,22)10-24(15)16(25)14-7-12(9-23(14)18(27)28)6-11-2-4-13(20)5-3-11/h2-5,12,14-15H,6-10H2,1H3,(H,27,28)/t12-,14+,15-/m1/s1. The Balaban J connectivity index is 1.77. The van der Waals surface area contributed by atoms with E-state index in [0.29, 0.717) is 6.42 Å². The summed E-state index contributed by atoms with van der Waals surface area (Å²) in [5, 5.41) is 9.53. The van der Waals surface area contributed by atoms with Gasteiger partial charge >= 0.3 is 12.1 Å². The molecule has 2 aliphatic rings. The molecule has 7 nitrogen and oxygen atoms in total. The van der Waals surface area contributed by atoms with E-state index in [9.17, 15) is 28.3 Å². The molecule has 1 N–H and O–H groups in total. The van der Waals surface area contributed by atoms with Crippen molar-refractivity contribution in [2.75, 3.05) is 20.2 Å². The number of carboxylic acid groups (broad SMARTS) is 1. The fourth-order valence-electron chi connectivity index (χ4n) is 4.06. The van der Waals surface area contributed by atoms with Crippen LogP contribution in [0.5, 0.6) is 0 Å². The van der Waals surface area contributed by atoms with Crippen molar-refractivity contribution in [2.45, 2.75) is 37.3 Å². The van der Waals surface area contributed by atoms with Crippen molar-refractivity contribution < 1.29 is 33.0 Å². The van der Waals surface area contributed by atoms with Crippen molar-refractivity contribution in [1.82, 2.24) is 9.80 Å². The van der Waals surface area contributed by atoms with Crippen LogP contribution < -0.4 is 0 Å². The van der Waals surface area contributed by atoms with E-state index in [2.05, 4.69) is 20.7 Å². The molecule has 0 aromatic heterocycles. The summed E-state index contributed by atoms with van der Waals surface area (Å²) < 4.78 is 33.3. The molecule has 0 aliphatic carbocycles. The number of hydrogen-bond donors (Lipinski definition) is 1. The Morgan fingerprint density at radius 1 is 1.21 bits per heavy atom. The van der Waals surface area contributed by atoms with Gasteiger partial charge < -0.3 is 14.7 Å². The van der Waals surface area contributed by atoms with Crippen LogP contribution >= 0.6 is 15.9 Å². The number of benzene rings is 1. The van der Waals surface area contributed by atoms with E-state index in [0.717, 1.165) is 26.9 Å². The van der Waals surface area contributed by atoms with E-state index in [4.69, 9.17) is 0 Å². The topological polar surface area (TPSA) is 87.2 Å². The molecule has 1 aromatic rings. The highest BCUT2D eigenvalue weighted by molar-refractivity contribution is 9.10. The van der Waals surface area contributed by atoms with Crippen molar-refractivity contribution in [3.63, 3.8) is 0 Å². The molecule has 2 saturated heterocycles. The molecule has 3 rings (SSSR count). The number of ether oxygens (including phenoxy) is 1. The lowest BCUT2D eigenvalue weighted by molar-refractivity contribution is -0.152. The molecule has 0 radical (unpaired) electrons. The smallest absolute Gasteiger partial charge is 0.407 e. The zero-order chi connectivity index (χ0) is 21.3. The molecule has 2 amide bonds. The van der Waals surface area contributed by atoms with E-state index in [1.54, 1.807) is 0 Å². The third-order valence-electron chi connectivity index (χ3n) is 5.38. The number of methoxy groups -OCH3 is 1. The molecule has 0 spiro atoms. The monoisotopic (exact) mass is 474 g/mol. The Morgan fingerprint density at radius 3 is 2.45 bits per heavy atom. The Morgan fingerprint density at radius 2 is 1.86 bits per heavy atom. The second kappa shape index (κ2) is 8.25. The first-order chi connectivity index (χ1) is 13.6. The fourth-order valence-corrected chi connectivity index (χ4v) is 4.32. The number of alkyl halides is 2. The Kier molecular flexibility index (Phi) is 6.11. The summed E-state index contributed by atoms with van der Waals surface area (Å²) in [7, 11) is 1.06. The first-order valence-corrected chi connectivity index (χ1v) is 9.90. The summed E-state index contributed by atoms with van der Waals surface area (Å²) in [6, 6.07) is 5.03. The molecule has 158 valence electrons. The van der Waals surface area contributed by atoms with E-state index in [1.165, 1.54) is 0 Å². The van der Waals surface area contributed by atoms with Gasteiger partial charge in [-0.15, -0.1) is 0 Å². The van der Waals surface area contributed by atoms with E-state index >= 15 is 0 Å². The molecule has 29 heavy (non-hydrogen) atoms. The number of esters is 1. The molecular formula is C19H21BrF2N2O5. The van der Waals surface area contributed by atoms with Gasteiger partial charge in [0.2, 0.25) is 5.91 Å². The lowest BCUT2D eigenvalue weighted by atomic mass is 9.96. The Bertz CT molecular complexity index is 804. The summed E-state index contributed by atoms with van der Waals surface area (Å²) in [5.41, 5.74) is 0.983. The average Bonchev–Trinajstić information content (AvgIpc) is 3.23. The second-order valence-electron chi connectivity index (χ2n) is 7.45. The van der Waals surface area contributed by atoms with E-state index < -0.39 is 48.9 Å². The largest absolute Gasteiger partial charge is 0.467 e. The highest BCUT2D eigenvalue weighted by Gasteiger charge is 2.53. The van der Waals surface area contributed by atoms with Crippen LogP contribution in [0.2, 0.25) is 0 Å². The quantitative estimate of drug-likeness (QED) is 0.677. The van der Waals surface area contributed by atoms with Gasteiger partial charge in [0.05, 0.1) is 13.7 Å². The molecule has 2 fully saturated rings. The molecule has 10 heteroatoms. The minimum Gasteiger partial charge on any atom is -0.467 e. The predicted octanol–water partition coefficient (Wildman–Crippen LogP) is 2.77. The summed E-state index contributed by atoms with van der Waals surface area (Å²) in [6.07, 6.45) is -1.36. The zero-order valence-corrected chi connectivity index (χ0v) is 17.3. The number of carbonyl (C=O) groups is 3. The summed E-state index contributed by atoms with van der Waals surface area (Å²) in [4.78, 5) is 38.3. The third-order valence-corrected chi connectivity index (χ3v) is 5.91. The lowest BCUT2D eigenvalue weighted by Crippen LogP contribution is -2.51. The van der Waals surface area contributed by atoms with Crippen LogP contribution in [-0.4, -0.2) is 71.1 Å². The molecule has 0 saturated carbocycles. The van der Waals surface area contributed by atoms with Gasteiger partial charge in [-0.25, -0.2) is 18.4 Å². The normalized spacial score (nSPS) is 25.9. The van der Waals surface area contributed by atoms with E-state index in [-0.39, 0.29) is 18.9 Å². The number of hydrogen-bond acceptors (Lipinski definition) is 4. The van der Waals surface area contributed by atoms with Gasteiger partial charge in [0.1, 0.15) is 12.1 Å². The Hall–Kier alpha value is -2.23. The summed E-state index contributed by atoms with van der Waals surface area (Å²) in [5.74, 6) is -5.07. The SMILES string of the molecule is COC(=O)[C@H]1CC(F)(F)CN1C(=O)[C@@H]1C[C@@H](Cc2ccc(Br)cc2)CN1C(=O)O. The molecule has 2 aliphatic heterocycles. The fraction of sp³-hybridized carbons (Fsp3) is 0.526.